The molecule has 0 aliphatic rings. The summed E-state index contributed by atoms with van der Waals surface area (Å²) in [4.78, 5) is 11.9. The predicted molar refractivity (Wildman–Crippen MR) is 76.0 cm³/mol. The highest BCUT2D eigenvalue weighted by Gasteiger charge is 2.51. The maximum absolute atomic E-state index is 13.4. The van der Waals surface area contributed by atoms with Crippen LogP contribution in [0.4, 0.5) is 8.78 Å². The Kier molecular flexibility index (Phi) is 5.84. The molecule has 5 heteroatoms. The summed E-state index contributed by atoms with van der Waals surface area (Å²) < 4.78 is 31.6. The van der Waals surface area contributed by atoms with E-state index in [2.05, 4.69) is 0 Å². The van der Waals surface area contributed by atoms with Gasteiger partial charge in [0.2, 0.25) is 0 Å². The van der Waals surface area contributed by atoms with Crippen molar-refractivity contribution in [1.82, 2.24) is 0 Å². The molecule has 0 aromatic heterocycles. The summed E-state index contributed by atoms with van der Waals surface area (Å²) in [5, 5.41) is 10.9. The highest BCUT2D eigenvalue weighted by atomic mass is 19.3. The molecule has 2 atom stereocenters. The first-order chi connectivity index (χ1) is 9.75. The fourth-order valence-electron chi connectivity index (χ4n) is 2.40. The highest BCUT2D eigenvalue weighted by Crippen LogP contribution is 2.40. The van der Waals surface area contributed by atoms with Gasteiger partial charge in [0.25, 0.3) is 6.43 Å². The van der Waals surface area contributed by atoms with Crippen molar-refractivity contribution in [3.05, 3.63) is 35.4 Å². The molecule has 0 fully saturated rings. The van der Waals surface area contributed by atoms with Crippen LogP contribution in [0.1, 0.15) is 31.9 Å². The van der Waals surface area contributed by atoms with Crippen LogP contribution < -0.4 is 0 Å². The van der Waals surface area contributed by atoms with Crippen molar-refractivity contribution in [2.45, 2.75) is 39.7 Å². The molecular weight excluding hydrogens is 278 g/mol. The van der Waals surface area contributed by atoms with Crippen molar-refractivity contribution in [1.29, 1.82) is 0 Å². The summed E-state index contributed by atoms with van der Waals surface area (Å²) in [6.07, 6.45) is -3.02. The molecule has 0 saturated carbocycles. The molecule has 0 spiro atoms. The second-order valence-corrected chi connectivity index (χ2v) is 5.41. The van der Waals surface area contributed by atoms with Gasteiger partial charge in [0.15, 0.2) is 5.92 Å². The number of esters is 1. The number of rotatable bonds is 6. The molecule has 1 rings (SSSR count). The summed E-state index contributed by atoms with van der Waals surface area (Å²) >= 11 is 0. The van der Waals surface area contributed by atoms with Crippen LogP contribution in [0.3, 0.4) is 0 Å². The van der Waals surface area contributed by atoms with Gasteiger partial charge in [-0.25, -0.2) is 8.78 Å². The number of ether oxygens (including phenoxy) is 1. The molecule has 0 bridgehead atoms. The lowest BCUT2D eigenvalue weighted by Crippen LogP contribution is -2.48. The minimum absolute atomic E-state index is 0.00980. The third kappa shape index (κ3) is 3.59. The second-order valence-electron chi connectivity index (χ2n) is 5.41. The third-order valence-corrected chi connectivity index (χ3v) is 3.66. The first kappa shape index (κ1) is 17.6. The molecule has 0 saturated heterocycles. The van der Waals surface area contributed by atoms with E-state index < -0.39 is 29.8 Å². The topological polar surface area (TPSA) is 46.5 Å². The minimum Gasteiger partial charge on any atom is -0.466 e. The molecule has 1 aromatic rings. The number of carbonyl (C=O) groups excluding carboxylic acids is 1. The van der Waals surface area contributed by atoms with Gasteiger partial charge < -0.3 is 9.84 Å². The van der Waals surface area contributed by atoms with Crippen LogP contribution in [0.15, 0.2) is 24.3 Å². The number of aryl methyl sites for hydroxylation is 1. The lowest BCUT2D eigenvalue weighted by atomic mass is 9.73. The van der Waals surface area contributed by atoms with Crippen LogP contribution in [0.25, 0.3) is 0 Å². The maximum atomic E-state index is 13.4. The Morgan fingerprint density at radius 3 is 2.19 bits per heavy atom. The zero-order chi connectivity index (χ0) is 16.2. The summed E-state index contributed by atoms with van der Waals surface area (Å²) in [6.45, 7) is 6.60. The summed E-state index contributed by atoms with van der Waals surface area (Å²) in [6, 6.07) is 6.58. The van der Waals surface area contributed by atoms with Crippen molar-refractivity contribution in [3.63, 3.8) is 0 Å². The van der Waals surface area contributed by atoms with E-state index in [1.54, 1.807) is 45.0 Å². The van der Waals surface area contributed by atoms with Gasteiger partial charge >= 0.3 is 5.97 Å². The Hall–Kier alpha value is -1.49. The van der Waals surface area contributed by atoms with Crippen molar-refractivity contribution in [3.8, 4) is 0 Å². The van der Waals surface area contributed by atoms with Gasteiger partial charge in [0, 0.05) is 0 Å². The normalized spacial score (nSPS) is 15.9. The number of hydrogen-bond donors (Lipinski definition) is 1. The fourth-order valence-corrected chi connectivity index (χ4v) is 2.40. The lowest BCUT2D eigenvalue weighted by molar-refractivity contribution is -0.178. The van der Waals surface area contributed by atoms with E-state index in [0.717, 1.165) is 5.56 Å². The lowest BCUT2D eigenvalue weighted by Gasteiger charge is -2.38. The SMILES string of the molecule is CCOC(=O)C(C(F)F)C(O)(c1ccc(C)cc1)C(C)C. The van der Waals surface area contributed by atoms with Crippen molar-refractivity contribution in [2.24, 2.45) is 11.8 Å². The smallest absolute Gasteiger partial charge is 0.318 e. The number of halogens is 2. The highest BCUT2D eigenvalue weighted by molar-refractivity contribution is 5.75. The first-order valence-corrected chi connectivity index (χ1v) is 6.99. The average molecular weight is 300 g/mol. The quantitative estimate of drug-likeness (QED) is 0.820. The van der Waals surface area contributed by atoms with E-state index in [1.165, 1.54) is 0 Å². The predicted octanol–water partition coefficient (Wildman–Crippen LogP) is 3.28. The van der Waals surface area contributed by atoms with E-state index in [4.69, 9.17) is 4.74 Å². The standard InChI is InChI=1S/C16H22F2O3/c1-5-21-15(19)13(14(17)18)16(20,10(2)3)12-8-6-11(4)7-9-12/h6-10,13-14,20H,5H2,1-4H3. The molecule has 0 heterocycles. The van der Waals surface area contributed by atoms with Crippen molar-refractivity contribution < 1.29 is 23.4 Å². The van der Waals surface area contributed by atoms with Crippen molar-refractivity contribution >= 4 is 5.97 Å². The van der Waals surface area contributed by atoms with Gasteiger partial charge in [-0.2, -0.15) is 0 Å². The molecule has 1 N–H and O–H groups in total. The number of alkyl halides is 2. The van der Waals surface area contributed by atoms with Crippen LogP contribution in [0.5, 0.6) is 0 Å². The van der Waals surface area contributed by atoms with Crippen LogP contribution >= 0.6 is 0 Å². The Balaban J connectivity index is 3.35. The third-order valence-electron chi connectivity index (χ3n) is 3.66. The monoisotopic (exact) mass is 300 g/mol. The molecule has 0 amide bonds. The molecule has 2 unspecified atom stereocenters. The number of aliphatic hydroxyl groups is 1. The first-order valence-electron chi connectivity index (χ1n) is 6.99. The van der Waals surface area contributed by atoms with Crippen LogP contribution in [-0.4, -0.2) is 24.1 Å². The van der Waals surface area contributed by atoms with E-state index in [1.807, 2.05) is 6.92 Å². The van der Waals surface area contributed by atoms with Gasteiger partial charge in [0.1, 0.15) is 5.60 Å². The Labute approximate surface area is 123 Å². The van der Waals surface area contributed by atoms with Gasteiger partial charge in [-0.05, 0) is 25.3 Å². The summed E-state index contributed by atoms with van der Waals surface area (Å²) in [5.74, 6) is -3.58. The average Bonchev–Trinajstić information content (AvgIpc) is 2.38. The minimum atomic E-state index is -3.02. The maximum Gasteiger partial charge on any atom is 0.318 e. The zero-order valence-corrected chi connectivity index (χ0v) is 12.8. The van der Waals surface area contributed by atoms with Gasteiger partial charge in [0.05, 0.1) is 6.61 Å². The Morgan fingerprint density at radius 1 is 1.29 bits per heavy atom. The Morgan fingerprint density at radius 2 is 1.81 bits per heavy atom. The molecule has 0 aliphatic heterocycles. The zero-order valence-electron chi connectivity index (χ0n) is 12.8. The number of carbonyl (C=O) groups is 1. The largest absolute Gasteiger partial charge is 0.466 e. The molecule has 3 nitrogen and oxygen atoms in total. The molecule has 0 aliphatic carbocycles. The number of benzene rings is 1. The summed E-state index contributed by atoms with van der Waals surface area (Å²) in [7, 11) is 0. The van der Waals surface area contributed by atoms with E-state index in [0.29, 0.717) is 5.56 Å². The molecule has 118 valence electrons. The molecule has 1 aromatic carbocycles. The van der Waals surface area contributed by atoms with Gasteiger partial charge in [-0.3, -0.25) is 4.79 Å². The van der Waals surface area contributed by atoms with Crippen LogP contribution in [0, 0.1) is 18.8 Å². The van der Waals surface area contributed by atoms with Gasteiger partial charge in [-0.1, -0.05) is 43.7 Å². The summed E-state index contributed by atoms with van der Waals surface area (Å²) in [5.41, 5.74) is -0.746. The second kappa shape index (κ2) is 6.98. The van der Waals surface area contributed by atoms with Crippen LogP contribution in [-0.2, 0) is 15.1 Å². The number of hydrogen-bond acceptors (Lipinski definition) is 3. The van der Waals surface area contributed by atoms with E-state index in [-0.39, 0.29) is 6.61 Å². The van der Waals surface area contributed by atoms with E-state index in [9.17, 15) is 18.7 Å². The van der Waals surface area contributed by atoms with Crippen molar-refractivity contribution in [2.75, 3.05) is 6.61 Å². The van der Waals surface area contributed by atoms with Gasteiger partial charge in [-0.15, -0.1) is 0 Å². The van der Waals surface area contributed by atoms with E-state index >= 15 is 0 Å². The molecular formula is C16H22F2O3. The van der Waals surface area contributed by atoms with Crippen LogP contribution in [0.2, 0.25) is 0 Å². The molecule has 0 radical (unpaired) electrons. The molecule has 21 heavy (non-hydrogen) atoms. The Bertz CT molecular complexity index is 471. The fraction of sp³-hybridized carbons (Fsp3) is 0.562.